The minimum absolute atomic E-state index is 0.0376. The number of aromatic hydroxyl groups is 1. The van der Waals surface area contributed by atoms with E-state index >= 15 is 0 Å². The summed E-state index contributed by atoms with van der Waals surface area (Å²) in [4.78, 5) is 80.1. The summed E-state index contributed by atoms with van der Waals surface area (Å²) in [5.41, 5.74) is 0.691. The average Bonchev–Trinajstić information content (AvgIpc) is 3.48. The molecule has 4 amide bonds. The highest BCUT2D eigenvalue weighted by Gasteiger charge is 2.62. The van der Waals surface area contributed by atoms with Crippen LogP contribution in [0, 0.1) is 49.8 Å². The topological polar surface area (TPSA) is 190 Å². The summed E-state index contributed by atoms with van der Waals surface area (Å²) < 4.78 is 5.65. The van der Waals surface area contributed by atoms with Crippen molar-refractivity contribution < 1.29 is 38.9 Å². The van der Waals surface area contributed by atoms with Gasteiger partial charge >= 0.3 is 0 Å². The first-order valence-electron chi connectivity index (χ1n) is 14.9. The highest BCUT2D eigenvalue weighted by atomic mass is 79.9. The predicted octanol–water partition coefficient (Wildman–Crippen LogP) is 5.02. The molecule has 3 fully saturated rings. The van der Waals surface area contributed by atoms with E-state index in [4.69, 9.17) is 4.74 Å². The number of allylic oxidation sites excluding steroid dienone is 2. The zero-order valence-electron chi connectivity index (χ0n) is 25.0. The zero-order valence-corrected chi connectivity index (χ0v) is 26.6. The number of nitro benzene ring substituents is 2. The lowest BCUT2D eigenvalue weighted by atomic mass is 9.57. The molecule has 0 spiro atoms. The van der Waals surface area contributed by atoms with Gasteiger partial charge in [0.25, 0.3) is 11.4 Å². The summed E-state index contributed by atoms with van der Waals surface area (Å²) in [5.74, 6) is -7.44. The van der Waals surface area contributed by atoms with E-state index in [0.29, 0.717) is 11.1 Å². The molecule has 2 heterocycles. The Balaban J connectivity index is 1.35. The molecule has 2 aliphatic heterocycles. The van der Waals surface area contributed by atoms with Crippen LogP contribution in [0.1, 0.15) is 24.3 Å². The van der Waals surface area contributed by atoms with Crippen molar-refractivity contribution in [3.63, 3.8) is 0 Å². The highest BCUT2D eigenvalue weighted by Crippen LogP contribution is 2.59. The molecular weight excluding hydrogens is 692 g/mol. The Hall–Kier alpha value is -5.44. The van der Waals surface area contributed by atoms with Crippen molar-refractivity contribution in [2.45, 2.75) is 18.8 Å². The number of phenolic OH excluding ortho intramolecular Hbond substituents is 1. The van der Waals surface area contributed by atoms with Gasteiger partial charge in [0.05, 0.1) is 56.5 Å². The number of carbonyl (C=O) groups excluding carboxylic acids is 4. The minimum atomic E-state index is -0.975. The van der Waals surface area contributed by atoms with Crippen LogP contribution in [0.5, 0.6) is 11.5 Å². The molecule has 3 aromatic rings. The molecule has 1 saturated carbocycles. The number of hydrogen-bond donors (Lipinski definition) is 1. The largest absolute Gasteiger partial charge is 0.503 e. The first kappa shape index (κ1) is 31.2. The Kier molecular flexibility index (Phi) is 7.38. The first-order valence-corrected chi connectivity index (χ1v) is 15.7. The van der Waals surface area contributed by atoms with Gasteiger partial charge in [-0.3, -0.25) is 39.4 Å². The summed E-state index contributed by atoms with van der Waals surface area (Å²) in [6.45, 7) is 0. The van der Waals surface area contributed by atoms with Crippen LogP contribution in [0.3, 0.4) is 0 Å². The Morgan fingerprint density at radius 3 is 1.92 bits per heavy atom. The Morgan fingerprint density at radius 2 is 1.35 bits per heavy atom. The third-order valence-corrected chi connectivity index (χ3v) is 10.5. The van der Waals surface area contributed by atoms with E-state index in [9.17, 15) is 44.5 Å². The quantitative estimate of drug-likeness (QED) is 0.157. The van der Waals surface area contributed by atoms with Gasteiger partial charge in [0, 0.05) is 30.2 Å². The number of carbonyl (C=O) groups is 4. The monoisotopic (exact) mass is 716 g/mol. The number of nitro groups is 2. The lowest BCUT2D eigenvalue weighted by molar-refractivity contribution is -0.385. The van der Waals surface area contributed by atoms with Crippen molar-refractivity contribution in [1.29, 1.82) is 0 Å². The Morgan fingerprint density at radius 1 is 0.792 bits per heavy atom. The summed E-state index contributed by atoms with van der Waals surface area (Å²) in [7, 11) is 1.36. The number of fused-ring (bicyclic) bond motifs is 4. The van der Waals surface area contributed by atoms with Crippen LogP contribution in [-0.2, 0) is 19.2 Å². The third-order valence-electron chi connectivity index (χ3n) is 9.88. The number of anilines is 2. The summed E-state index contributed by atoms with van der Waals surface area (Å²) in [6.07, 6.45) is 2.02. The van der Waals surface area contributed by atoms with Crippen LogP contribution < -0.4 is 14.5 Å². The van der Waals surface area contributed by atoms with E-state index in [2.05, 4.69) is 15.9 Å². The van der Waals surface area contributed by atoms with Crippen molar-refractivity contribution in [2.24, 2.45) is 29.6 Å². The number of ether oxygens (including phenoxy) is 1. The van der Waals surface area contributed by atoms with E-state index in [1.807, 2.05) is 6.08 Å². The van der Waals surface area contributed by atoms with Crippen LogP contribution in [0.4, 0.5) is 22.7 Å². The fraction of sp³-hybridized carbons (Fsp3) is 0.273. The van der Waals surface area contributed by atoms with Gasteiger partial charge in [-0.25, -0.2) is 9.80 Å². The molecule has 0 bridgehead atoms. The molecule has 6 atom stereocenters. The lowest BCUT2D eigenvalue weighted by Gasteiger charge is -2.44. The second-order valence-corrected chi connectivity index (χ2v) is 13.0. The fourth-order valence-electron chi connectivity index (χ4n) is 7.89. The molecule has 4 aliphatic rings. The van der Waals surface area contributed by atoms with E-state index in [-0.39, 0.29) is 51.6 Å². The van der Waals surface area contributed by atoms with Crippen molar-refractivity contribution in [3.05, 3.63) is 103 Å². The molecule has 244 valence electrons. The number of imide groups is 2. The highest BCUT2D eigenvalue weighted by molar-refractivity contribution is 9.10. The van der Waals surface area contributed by atoms with Crippen molar-refractivity contribution in [2.75, 3.05) is 16.9 Å². The van der Waals surface area contributed by atoms with Crippen LogP contribution >= 0.6 is 15.9 Å². The van der Waals surface area contributed by atoms with Crippen LogP contribution in [0.2, 0.25) is 0 Å². The molecule has 2 saturated heterocycles. The molecule has 15 heteroatoms. The maximum Gasteiger partial charge on any atom is 0.271 e. The molecule has 1 N–H and O–H groups in total. The smallest absolute Gasteiger partial charge is 0.271 e. The number of phenols is 1. The number of nitrogens with zero attached hydrogens (tertiary/aromatic N) is 4. The van der Waals surface area contributed by atoms with Crippen molar-refractivity contribution in [3.8, 4) is 11.5 Å². The molecule has 48 heavy (non-hydrogen) atoms. The zero-order chi connectivity index (χ0) is 34.2. The van der Waals surface area contributed by atoms with Gasteiger partial charge in [-0.05, 0) is 64.5 Å². The minimum Gasteiger partial charge on any atom is -0.503 e. The maximum absolute atomic E-state index is 14.3. The predicted molar refractivity (Wildman–Crippen MR) is 171 cm³/mol. The summed E-state index contributed by atoms with van der Waals surface area (Å²) >= 11 is 3.35. The normalized spacial score (nSPS) is 26.2. The number of halogens is 1. The van der Waals surface area contributed by atoms with Gasteiger partial charge in [0.1, 0.15) is 0 Å². The summed E-state index contributed by atoms with van der Waals surface area (Å²) in [5, 5.41) is 33.6. The SMILES string of the molecule is COc1cc(C2C3=CCC4C(=O)N(c5cccc([N+](=O)[O-])c5)C(=O)C4C3CC3C(=O)N(c4cccc([N+](=O)[O-])c4)C(=O)C32)cc(Br)c1O. The van der Waals surface area contributed by atoms with Crippen molar-refractivity contribution >= 4 is 62.3 Å². The molecular formula is C33H25BrN4O10. The van der Waals surface area contributed by atoms with Crippen LogP contribution in [0.15, 0.2) is 76.8 Å². The fourth-order valence-corrected chi connectivity index (χ4v) is 8.35. The van der Waals surface area contributed by atoms with E-state index in [0.717, 1.165) is 21.9 Å². The second kappa shape index (κ2) is 11.4. The van der Waals surface area contributed by atoms with Gasteiger partial charge in [0.15, 0.2) is 11.5 Å². The number of hydrogen-bond acceptors (Lipinski definition) is 10. The summed E-state index contributed by atoms with van der Waals surface area (Å²) in [6, 6.07) is 13.7. The molecule has 14 nitrogen and oxygen atoms in total. The van der Waals surface area contributed by atoms with Gasteiger partial charge in [-0.15, -0.1) is 0 Å². The number of amides is 4. The maximum atomic E-state index is 14.3. The standard InChI is InChI=1S/C33H25BrN4O10/c1-48-25-11-15(10-24(34)29(25)39)26-20-8-9-21-27(32(42)35(30(21)40)16-4-2-6-18(12-16)37(44)45)22(20)14-23-28(26)33(43)36(31(23)41)17-5-3-7-19(13-17)38(46)47/h2-8,10-13,21-23,26-28,39H,9,14H2,1H3. The molecule has 6 unspecified atom stereocenters. The molecule has 0 aromatic heterocycles. The lowest BCUT2D eigenvalue weighted by Crippen LogP contribution is -2.43. The number of benzene rings is 3. The average molecular weight is 717 g/mol. The van der Waals surface area contributed by atoms with Crippen molar-refractivity contribution in [1.82, 2.24) is 0 Å². The molecule has 2 aliphatic carbocycles. The van der Waals surface area contributed by atoms with Crippen LogP contribution in [0.25, 0.3) is 0 Å². The number of rotatable bonds is 6. The van der Waals surface area contributed by atoms with Gasteiger partial charge < -0.3 is 9.84 Å². The van der Waals surface area contributed by atoms with Gasteiger partial charge in [-0.1, -0.05) is 23.8 Å². The number of methoxy groups -OCH3 is 1. The van der Waals surface area contributed by atoms with Gasteiger partial charge in [0.2, 0.25) is 23.6 Å². The second-order valence-electron chi connectivity index (χ2n) is 12.2. The first-order chi connectivity index (χ1) is 22.9. The van der Waals surface area contributed by atoms with E-state index < -0.39 is 69.0 Å². The number of non-ortho nitro benzene ring substituents is 2. The van der Waals surface area contributed by atoms with Gasteiger partial charge in [-0.2, -0.15) is 0 Å². The molecule has 0 radical (unpaired) electrons. The Bertz CT molecular complexity index is 2010. The van der Waals surface area contributed by atoms with Crippen LogP contribution in [-0.4, -0.2) is 45.7 Å². The Labute approximate surface area is 280 Å². The molecule has 7 rings (SSSR count). The molecule has 3 aromatic carbocycles. The third kappa shape index (κ3) is 4.59. The van der Waals surface area contributed by atoms with E-state index in [1.165, 1.54) is 43.5 Å². The van der Waals surface area contributed by atoms with E-state index in [1.54, 1.807) is 12.1 Å².